The third kappa shape index (κ3) is 2.18. The van der Waals surface area contributed by atoms with E-state index in [0.717, 1.165) is 20.7 Å². The Morgan fingerprint density at radius 2 is 1.94 bits per heavy atom. The SMILES string of the molecule is Brc1ccc(-c2ncc(-c3cccs3)o2)cc1. The van der Waals surface area contributed by atoms with E-state index in [1.807, 2.05) is 41.8 Å². The fourth-order valence-electron chi connectivity index (χ4n) is 1.53. The molecule has 0 aliphatic carbocycles. The number of benzene rings is 1. The maximum atomic E-state index is 5.74. The van der Waals surface area contributed by atoms with E-state index in [2.05, 4.69) is 20.9 Å². The van der Waals surface area contributed by atoms with Gasteiger partial charge in [-0.1, -0.05) is 22.0 Å². The first-order valence-electron chi connectivity index (χ1n) is 5.08. The third-order valence-corrected chi connectivity index (χ3v) is 3.77. The van der Waals surface area contributed by atoms with Gasteiger partial charge in [-0.3, -0.25) is 0 Å². The Kier molecular flexibility index (Phi) is 2.82. The monoisotopic (exact) mass is 305 g/mol. The van der Waals surface area contributed by atoms with Crippen LogP contribution in [0, 0.1) is 0 Å². The van der Waals surface area contributed by atoms with Crippen molar-refractivity contribution in [1.82, 2.24) is 4.98 Å². The normalized spacial score (nSPS) is 10.6. The van der Waals surface area contributed by atoms with Gasteiger partial charge in [-0.15, -0.1) is 11.3 Å². The van der Waals surface area contributed by atoms with Gasteiger partial charge in [0.1, 0.15) is 0 Å². The molecule has 0 atom stereocenters. The fourth-order valence-corrected chi connectivity index (χ4v) is 2.47. The highest BCUT2D eigenvalue weighted by Crippen LogP contribution is 2.29. The van der Waals surface area contributed by atoms with E-state index in [1.165, 1.54) is 0 Å². The first kappa shape index (κ1) is 10.7. The van der Waals surface area contributed by atoms with Crippen LogP contribution in [0.2, 0.25) is 0 Å². The van der Waals surface area contributed by atoms with Crippen molar-refractivity contribution in [3.05, 3.63) is 52.4 Å². The van der Waals surface area contributed by atoms with Crippen LogP contribution in [0.3, 0.4) is 0 Å². The van der Waals surface area contributed by atoms with Crippen molar-refractivity contribution < 1.29 is 4.42 Å². The van der Waals surface area contributed by atoms with Crippen LogP contribution < -0.4 is 0 Å². The molecule has 0 saturated heterocycles. The van der Waals surface area contributed by atoms with E-state index in [-0.39, 0.29) is 0 Å². The van der Waals surface area contributed by atoms with E-state index < -0.39 is 0 Å². The molecule has 0 N–H and O–H groups in total. The van der Waals surface area contributed by atoms with Crippen LogP contribution in [0.1, 0.15) is 0 Å². The second-order valence-electron chi connectivity index (χ2n) is 3.51. The topological polar surface area (TPSA) is 26.0 Å². The second kappa shape index (κ2) is 4.47. The van der Waals surface area contributed by atoms with Crippen LogP contribution >= 0.6 is 27.3 Å². The molecule has 0 unspecified atom stereocenters. The van der Waals surface area contributed by atoms with E-state index >= 15 is 0 Å². The number of thiophene rings is 1. The third-order valence-electron chi connectivity index (χ3n) is 2.36. The van der Waals surface area contributed by atoms with Crippen LogP contribution in [-0.4, -0.2) is 4.98 Å². The molecule has 0 amide bonds. The van der Waals surface area contributed by atoms with Crippen LogP contribution in [0.5, 0.6) is 0 Å². The minimum absolute atomic E-state index is 0.654. The Balaban J connectivity index is 1.98. The molecule has 3 aromatic rings. The molecular formula is C13H8BrNOS. The van der Waals surface area contributed by atoms with Gasteiger partial charge in [0.05, 0.1) is 11.1 Å². The summed E-state index contributed by atoms with van der Waals surface area (Å²) < 4.78 is 6.79. The van der Waals surface area contributed by atoms with Gasteiger partial charge in [-0.25, -0.2) is 4.98 Å². The summed E-state index contributed by atoms with van der Waals surface area (Å²) in [5.41, 5.74) is 0.982. The summed E-state index contributed by atoms with van der Waals surface area (Å²) >= 11 is 5.05. The van der Waals surface area contributed by atoms with Gasteiger partial charge in [0.25, 0.3) is 0 Å². The minimum atomic E-state index is 0.654. The van der Waals surface area contributed by atoms with Gasteiger partial charge in [-0.05, 0) is 35.7 Å². The summed E-state index contributed by atoms with van der Waals surface area (Å²) in [5, 5.41) is 2.02. The summed E-state index contributed by atoms with van der Waals surface area (Å²) in [4.78, 5) is 5.39. The van der Waals surface area contributed by atoms with E-state index in [1.54, 1.807) is 17.5 Å². The Labute approximate surface area is 111 Å². The van der Waals surface area contributed by atoms with Gasteiger partial charge in [0, 0.05) is 10.0 Å². The molecule has 2 nitrogen and oxygen atoms in total. The summed E-state index contributed by atoms with van der Waals surface area (Å²) in [6.07, 6.45) is 1.77. The van der Waals surface area contributed by atoms with Gasteiger partial charge in [0.15, 0.2) is 5.76 Å². The average molecular weight is 306 g/mol. The van der Waals surface area contributed by atoms with Crippen LogP contribution in [-0.2, 0) is 0 Å². The lowest BCUT2D eigenvalue weighted by Crippen LogP contribution is -1.75. The van der Waals surface area contributed by atoms with E-state index in [9.17, 15) is 0 Å². The molecule has 17 heavy (non-hydrogen) atoms. The molecule has 0 radical (unpaired) electrons. The summed E-state index contributed by atoms with van der Waals surface area (Å²) in [5.74, 6) is 1.47. The van der Waals surface area contributed by atoms with Gasteiger partial charge >= 0.3 is 0 Å². The lowest BCUT2D eigenvalue weighted by atomic mass is 10.2. The van der Waals surface area contributed by atoms with Crippen LogP contribution in [0.25, 0.3) is 22.1 Å². The molecule has 0 aliphatic heterocycles. The van der Waals surface area contributed by atoms with Crippen LogP contribution in [0.15, 0.2) is 56.9 Å². The molecule has 0 fully saturated rings. The Morgan fingerprint density at radius 3 is 2.65 bits per heavy atom. The highest BCUT2D eigenvalue weighted by Gasteiger charge is 2.08. The molecule has 0 saturated carbocycles. The highest BCUT2D eigenvalue weighted by atomic mass is 79.9. The zero-order valence-electron chi connectivity index (χ0n) is 8.76. The molecule has 2 heterocycles. The predicted molar refractivity (Wildman–Crippen MR) is 73.0 cm³/mol. The Morgan fingerprint density at radius 1 is 1.12 bits per heavy atom. The first-order valence-corrected chi connectivity index (χ1v) is 6.76. The number of rotatable bonds is 2. The molecular weight excluding hydrogens is 298 g/mol. The van der Waals surface area contributed by atoms with Gasteiger partial charge in [-0.2, -0.15) is 0 Å². The zero-order valence-corrected chi connectivity index (χ0v) is 11.2. The van der Waals surface area contributed by atoms with E-state index in [4.69, 9.17) is 4.42 Å². The largest absolute Gasteiger partial charge is 0.435 e. The van der Waals surface area contributed by atoms with Crippen LogP contribution in [0.4, 0.5) is 0 Å². The van der Waals surface area contributed by atoms with Gasteiger partial charge in [0.2, 0.25) is 5.89 Å². The Bertz CT molecular complexity index is 613. The smallest absolute Gasteiger partial charge is 0.226 e. The maximum absolute atomic E-state index is 5.74. The van der Waals surface area contributed by atoms with Crippen molar-refractivity contribution >= 4 is 27.3 Å². The van der Waals surface area contributed by atoms with E-state index in [0.29, 0.717) is 5.89 Å². The number of halogens is 1. The standard InChI is InChI=1S/C13H8BrNOS/c14-10-5-3-9(4-6-10)13-15-8-11(16-13)12-2-1-7-17-12/h1-8H. The number of hydrogen-bond acceptors (Lipinski definition) is 3. The molecule has 3 rings (SSSR count). The molecule has 0 bridgehead atoms. The highest BCUT2D eigenvalue weighted by molar-refractivity contribution is 9.10. The van der Waals surface area contributed by atoms with Crippen molar-refractivity contribution in [2.24, 2.45) is 0 Å². The lowest BCUT2D eigenvalue weighted by Gasteiger charge is -1.95. The zero-order chi connectivity index (χ0) is 11.7. The maximum Gasteiger partial charge on any atom is 0.226 e. The number of aromatic nitrogens is 1. The molecule has 1 aromatic carbocycles. The van der Waals surface area contributed by atoms with Crippen molar-refractivity contribution in [3.8, 4) is 22.1 Å². The average Bonchev–Trinajstić information content (AvgIpc) is 3.00. The second-order valence-corrected chi connectivity index (χ2v) is 5.38. The number of nitrogens with zero attached hydrogens (tertiary/aromatic N) is 1. The summed E-state index contributed by atoms with van der Waals surface area (Å²) in [7, 11) is 0. The summed E-state index contributed by atoms with van der Waals surface area (Å²) in [6.45, 7) is 0. The summed E-state index contributed by atoms with van der Waals surface area (Å²) in [6, 6.07) is 11.9. The fraction of sp³-hybridized carbons (Fsp3) is 0. The van der Waals surface area contributed by atoms with Gasteiger partial charge < -0.3 is 4.42 Å². The predicted octanol–water partition coefficient (Wildman–Crippen LogP) is 4.83. The first-order chi connectivity index (χ1) is 8.33. The number of hydrogen-bond donors (Lipinski definition) is 0. The Hall–Kier alpha value is -1.39. The quantitative estimate of drug-likeness (QED) is 0.677. The van der Waals surface area contributed by atoms with Crippen molar-refractivity contribution in [2.45, 2.75) is 0 Å². The number of oxazole rings is 1. The minimum Gasteiger partial charge on any atom is -0.435 e. The van der Waals surface area contributed by atoms with Crippen molar-refractivity contribution in [2.75, 3.05) is 0 Å². The van der Waals surface area contributed by atoms with Crippen molar-refractivity contribution in [1.29, 1.82) is 0 Å². The molecule has 0 spiro atoms. The molecule has 0 aliphatic rings. The molecule has 2 aromatic heterocycles. The van der Waals surface area contributed by atoms with Crippen molar-refractivity contribution in [3.63, 3.8) is 0 Å². The molecule has 84 valence electrons. The lowest BCUT2D eigenvalue weighted by molar-refractivity contribution is 0.590. The molecule has 4 heteroatoms.